The molecule has 4 aromatic rings. The number of carbonyl (C=O) groups excluding carboxylic acids is 3. The fraction of sp³-hybridized carbons (Fsp3) is 0.256. The number of allylic oxidation sites excluding steroid dienone is 1. The van der Waals surface area contributed by atoms with E-state index in [2.05, 4.69) is 0 Å². The number of hydrogen-bond donors (Lipinski definition) is 1. The smallest absolute Gasteiger partial charge is 0.185 e. The van der Waals surface area contributed by atoms with Gasteiger partial charge in [0.1, 0.15) is 6.29 Å². The topological polar surface area (TPSA) is 177 Å². The van der Waals surface area contributed by atoms with Crippen LogP contribution in [-0.4, -0.2) is 92.4 Å². The van der Waals surface area contributed by atoms with E-state index in [0.29, 0.717) is 62.7 Å². The molecule has 0 aromatic heterocycles. The largest absolute Gasteiger partial charge is 0.493 e. The second kappa shape index (κ2) is 26.6. The number of ether oxygens (including phenoxy) is 8. The summed E-state index contributed by atoms with van der Waals surface area (Å²) in [5.74, 6) is 4.64. The predicted octanol–water partition coefficient (Wildman–Crippen LogP) is 5.82. The fourth-order valence-electron chi connectivity index (χ4n) is 4.20. The minimum Gasteiger partial charge on any atom is -0.493 e. The van der Waals surface area contributed by atoms with E-state index in [1.807, 2.05) is 6.07 Å². The quantitative estimate of drug-likeness (QED) is 0.0987. The average Bonchev–Trinajstić information content (AvgIpc) is 3.19. The molecule has 0 spiro atoms. The molecule has 0 unspecified atom stereocenters. The summed E-state index contributed by atoms with van der Waals surface area (Å²) in [7, 11) is 13.4. The number of ketones is 2. The Labute approximate surface area is 310 Å². The van der Waals surface area contributed by atoms with Crippen molar-refractivity contribution in [3.05, 3.63) is 101 Å². The Morgan fingerprint density at radius 2 is 0.811 bits per heavy atom. The molecule has 0 saturated heterocycles. The summed E-state index contributed by atoms with van der Waals surface area (Å²) in [6.45, 7) is 1.52. The van der Waals surface area contributed by atoms with Crippen molar-refractivity contribution in [2.24, 2.45) is 0 Å². The first-order chi connectivity index (χ1) is 24.6. The van der Waals surface area contributed by atoms with E-state index in [1.54, 1.807) is 115 Å². The molecule has 14 heteroatoms. The predicted molar refractivity (Wildman–Crippen MR) is 199 cm³/mol. The molecule has 0 atom stereocenters. The van der Waals surface area contributed by atoms with Gasteiger partial charge in [-0.25, -0.2) is 0 Å². The number of aliphatic hydroxyl groups excluding tert-OH is 1. The number of benzene rings is 4. The van der Waals surface area contributed by atoms with Gasteiger partial charge in [0, 0.05) is 30.0 Å². The summed E-state index contributed by atoms with van der Waals surface area (Å²) >= 11 is 0. The van der Waals surface area contributed by atoms with E-state index >= 15 is 0 Å². The average molecular weight is 745 g/mol. The van der Waals surface area contributed by atoms with Gasteiger partial charge in [0.05, 0.1) is 56.9 Å². The SMILES string of the molecule is CO.COc1ccc(/C=C/C(=O)c2ccc(OC)c(OC)c2)cc1OC.COc1ccc(C(C)=O)cc1OC.COc1ccc(C=O)cc1OC.O.[Ne]. The minimum absolute atomic E-state index is 0. The Morgan fingerprint density at radius 3 is 1.19 bits per heavy atom. The first-order valence-corrected chi connectivity index (χ1v) is 15.1. The number of rotatable bonds is 13. The normalized spacial score (nSPS) is 9.26. The molecule has 4 rings (SSSR count). The van der Waals surface area contributed by atoms with Crippen LogP contribution in [0.4, 0.5) is 0 Å². The van der Waals surface area contributed by atoms with E-state index < -0.39 is 0 Å². The van der Waals surface area contributed by atoms with Crippen LogP contribution < -0.4 is 37.9 Å². The number of hydrogen-bond acceptors (Lipinski definition) is 12. The summed E-state index contributed by atoms with van der Waals surface area (Å²) in [5, 5.41) is 7.00. The number of aldehydes is 1. The van der Waals surface area contributed by atoms with Crippen LogP contribution in [0.2, 0.25) is 0 Å². The van der Waals surface area contributed by atoms with Gasteiger partial charge >= 0.3 is 0 Å². The summed E-state index contributed by atoms with van der Waals surface area (Å²) in [4.78, 5) is 33.7. The number of Topliss-reactive ketones (excluding diaryl/α,β-unsaturated/α-hetero) is 1. The maximum Gasteiger partial charge on any atom is 0.185 e. The zero-order chi connectivity index (χ0) is 38.3. The summed E-state index contributed by atoms with van der Waals surface area (Å²) in [5.41, 5.74) is 2.55. The van der Waals surface area contributed by atoms with Gasteiger partial charge in [-0.05, 0) is 85.3 Å². The van der Waals surface area contributed by atoms with E-state index in [0.717, 1.165) is 19.0 Å². The van der Waals surface area contributed by atoms with Gasteiger partial charge in [0.25, 0.3) is 0 Å². The van der Waals surface area contributed by atoms with Crippen LogP contribution in [0.1, 0.15) is 43.6 Å². The Morgan fingerprint density at radius 1 is 0.491 bits per heavy atom. The molecule has 13 nitrogen and oxygen atoms in total. The molecule has 3 N–H and O–H groups in total. The monoisotopic (exact) mass is 744 g/mol. The zero-order valence-electron chi connectivity index (χ0n) is 31.5. The molecule has 4 aromatic carbocycles. The second-order valence-corrected chi connectivity index (χ2v) is 9.74. The van der Waals surface area contributed by atoms with Gasteiger partial charge < -0.3 is 48.5 Å². The van der Waals surface area contributed by atoms with Crippen LogP contribution in [0.25, 0.3) is 6.08 Å². The summed E-state index contributed by atoms with van der Waals surface area (Å²) in [6.07, 6.45) is 3.99. The van der Waals surface area contributed by atoms with Gasteiger partial charge in [-0.3, -0.25) is 14.4 Å². The molecule has 0 aliphatic rings. The third-order valence-electron chi connectivity index (χ3n) is 6.84. The first-order valence-electron chi connectivity index (χ1n) is 15.1. The first kappa shape index (κ1) is 49.0. The number of methoxy groups -OCH3 is 8. The van der Waals surface area contributed by atoms with Crippen molar-refractivity contribution in [2.75, 3.05) is 64.0 Å². The molecular formula is C39H48NeO13. The van der Waals surface area contributed by atoms with Crippen molar-refractivity contribution in [3.63, 3.8) is 0 Å². The summed E-state index contributed by atoms with van der Waals surface area (Å²) < 4.78 is 40.9. The van der Waals surface area contributed by atoms with Crippen molar-refractivity contribution in [1.29, 1.82) is 0 Å². The van der Waals surface area contributed by atoms with Gasteiger partial charge in [0.15, 0.2) is 57.6 Å². The Hall–Kier alpha value is -6.14. The van der Waals surface area contributed by atoms with Crippen molar-refractivity contribution in [2.45, 2.75) is 6.92 Å². The molecule has 0 amide bonds. The van der Waals surface area contributed by atoms with E-state index in [-0.39, 0.29) is 23.2 Å². The van der Waals surface area contributed by atoms with Gasteiger partial charge in [-0.15, -0.1) is 0 Å². The van der Waals surface area contributed by atoms with E-state index in [9.17, 15) is 14.4 Å². The standard InChI is InChI=1S/C19H20O5.C10H12O3.C9H10O3.CH4O.Ne.H2O/c1-21-16-9-6-13(11-18(16)23-3)5-8-15(20)14-7-10-17(22-2)19(12-14)24-4;1-7(11)8-4-5-9(12-2)10(6-8)13-3;1-11-8-4-3-7(6-10)5-9(8)12-2;1-2;;/h5-12H,1-4H3;4-6H,1-3H3;3-6H,1-2H3;2H,1H3;;1H2/b8-5+;;;;;. The second-order valence-electron chi connectivity index (χ2n) is 9.74. The maximum atomic E-state index is 12.3. The van der Waals surface area contributed by atoms with Crippen molar-refractivity contribution >= 4 is 23.9 Å². The van der Waals surface area contributed by atoms with Crippen LogP contribution in [0, 0.1) is 6.15 Å². The van der Waals surface area contributed by atoms with E-state index in [1.165, 1.54) is 27.2 Å². The third-order valence-corrected chi connectivity index (χ3v) is 6.84. The van der Waals surface area contributed by atoms with Crippen molar-refractivity contribution in [1.82, 2.24) is 0 Å². The fourth-order valence-corrected chi connectivity index (χ4v) is 4.20. The molecular weight excluding hydrogens is 697 g/mol. The van der Waals surface area contributed by atoms with Crippen molar-refractivity contribution < 1.29 is 69.0 Å². The van der Waals surface area contributed by atoms with Crippen LogP contribution in [0.15, 0.2) is 78.9 Å². The van der Waals surface area contributed by atoms with Gasteiger partial charge in [-0.2, -0.15) is 0 Å². The Kier molecular flexibility index (Phi) is 24.6. The van der Waals surface area contributed by atoms with Crippen LogP contribution >= 0.6 is 0 Å². The number of carbonyl (C=O) groups is 3. The van der Waals surface area contributed by atoms with Crippen molar-refractivity contribution in [3.8, 4) is 46.0 Å². The zero-order valence-corrected chi connectivity index (χ0v) is 31.5. The molecule has 0 aliphatic carbocycles. The van der Waals surface area contributed by atoms with Crippen LogP contribution in [0.5, 0.6) is 46.0 Å². The molecule has 53 heavy (non-hydrogen) atoms. The maximum absolute atomic E-state index is 12.3. The van der Waals surface area contributed by atoms with Gasteiger partial charge in [-0.1, -0.05) is 12.1 Å². The summed E-state index contributed by atoms with van der Waals surface area (Å²) in [6, 6.07) is 20.6. The molecule has 0 heterocycles. The van der Waals surface area contributed by atoms with Crippen LogP contribution in [-0.2, 0) is 0 Å². The molecule has 0 aliphatic heterocycles. The Bertz CT molecular complexity index is 1740. The Balaban J connectivity index is 0. The number of aliphatic hydroxyl groups is 1. The third kappa shape index (κ3) is 14.9. The van der Waals surface area contributed by atoms with E-state index in [4.69, 9.17) is 43.0 Å². The molecule has 0 radical (unpaired) electrons. The molecule has 0 bridgehead atoms. The molecule has 290 valence electrons. The minimum atomic E-state index is -0.134. The molecule has 0 saturated carbocycles. The molecule has 0 fully saturated rings. The van der Waals surface area contributed by atoms with Crippen LogP contribution in [0.3, 0.4) is 0 Å². The van der Waals surface area contributed by atoms with Gasteiger partial charge in [0.2, 0.25) is 0 Å².